The van der Waals surface area contributed by atoms with Crippen molar-refractivity contribution in [2.24, 2.45) is 0 Å². The molecule has 0 atom stereocenters. The topological polar surface area (TPSA) is 39.2 Å². The van der Waals surface area contributed by atoms with Crippen LogP contribution < -0.4 is 0 Å². The summed E-state index contributed by atoms with van der Waals surface area (Å²) in [6.07, 6.45) is 0. The molecule has 16 heavy (non-hydrogen) atoms. The highest BCUT2D eigenvalue weighted by Gasteiger charge is 2.17. The van der Waals surface area contributed by atoms with E-state index in [9.17, 15) is 4.79 Å². The number of methoxy groups -OCH3 is 1. The molecule has 0 saturated carbocycles. The van der Waals surface area contributed by atoms with Gasteiger partial charge in [-0.25, -0.2) is 9.78 Å². The molecule has 2 heterocycles. The van der Waals surface area contributed by atoms with Crippen molar-refractivity contribution < 1.29 is 9.53 Å². The molecule has 84 valence electrons. The van der Waals surface area contributed by atoms with Gasteiger partial charge in [-0.15, -0.1) is 22.7 Å². The van der Waals surface area contributed by atoms with Gasteiger partial charge in [-0.05, 0) is 28.9 Å². The van der Waals surface area contributed by atoms with E-state index in [4.69, 9.17) is 0 Å². The van der Waals surface area contributed by atoms with Gasteiger partial charge in [0.15, 0.2) is 5.69 Å². The molecule has 0 saturated heterocycles. The van der Waals surface area contributed by atoms with Gasteiger partial charge >= 0.3 is 5.97 Å². The zero-order chi connectivity index (χ0) is 11.7. The van der Waals surface area contributed by atoms with Gasteiger partial charge in [-0.1, -0.05) is 0 Å². The maximum atomic E-state index is 11.4. The molecule has 0 amide bonds. The lowest BCUT2D eigenvalue weighted by Gasteiger charge is -1.93. The minimum atomic E-state index is -0.379. The van der Waals surface area contributed by atoms with Crippen LogP contribution in [0.5, 0.6) is 0 Å². The van der Waals surface area contributed by atoms with Gasteiger partial charge in [0, 0.05) is 14.7 Å². The number of hydrogen-bond donors (Lipinski definition) is 0. The van der Waals surface area contributed by atoms with Gasteiger partial charge in [-0.3, -0.25) is 0 Å². The molecule has 0 aliphatic rings. The Balaban J connectivity index is 2.41. The van der Waals surface area contributed by atoms with Crippen molar-refractivity contribution in [3.63, 3.8) is 0 Å². The fourth-order valence-electron chi connectivity index (χ4n) is 1.21. The van der Waals surface area contributed by atoms with Crippen LogP contribution in [-0.4, -0.2) is 18.1 Å². The van der Waals surface area contributed by atoms with Crippen LogP contribution in [0, 0.1) is 6.92 Å². The number of thiophene rings is 1. The second kappa shape index (κ2) is 4.65. The Bertz CT molecular complexity index is 533. The first-order valence-corrected chi connectivity index (χ1v) is 6.91. The van der Waals surface area contributed by atoms with Crippen molar-refractivity contribution in [2.45, 2.75) is 6.92 Å². The predicted octanol–water partition coefficient (Wildman–Crippen LogP) is 3.73. The number of esters is 1. The van der Waals surface area contributed by atoms with Crippen molar-refractivity contribution in [1.82, 2.24) is 4.98 Å². The van der Waals surface area contributed by atoms with Crippen LogP contribution in [0.1, 0.15) is 15.4 Å². The highest BCUT2D eigenvalue weighted by atomic mass is 79.9. The zero-order valence-electron chi connectivity index (χ0n) is 8.61. The van der Waals surface area contributed by atoms with E-state index in [-0.39, 0.29) is 5.97 Å². The van der Waals surface area contributed by atoms with Gasteiger partial charge in [0.1, 0.15) is 5.01 Å². The number of thiazole rings is 1. The third kappa shape index (κ3) is 2.18. The van der Waals surface area contributed by atoms with Crippen molar-refractivity contribution >= 4 is 44.6 Å². The van der Waals surface area contributed by atoms with E-state index < -0.39 is 0 Å². The third-order valence-electron chi connectivity index (χ3n) is 1.95. The summed E-state index contributed by atoms with van der Waals surface area (Å²) in [6, 6.07) is 1.99. The molecule has 0 spiro atoms. The van der Waals surface area contributed by atoms with E-state index >= 15 is 0 Å². The summed E-state index contributed by atoms with van der Waals surface area (Å²) < 4.78 is 5.70. The summed E-state index contributed by atoms with van der Waals surface area (Å²) in [5.41, 5.74) is 0.409. The second-order valence-electron chi connectivity index (χ2n) is 3.04. The summed E-state index contributed by atoms with van der Waals surface area (Å²) in [5, 5.41) is 2.85. The van der Waals surface area contributed by atoms with Crippen LogP contribution in [0.2, 0.25) is 0 Å². The van der Waals surface area contributed by atoms with Gasteiger partial charge < -0.3 is 4.74 Å². The molecular weight excluding hydrogens is 310 g/mol. The number of rotatable bonds is 2. The molecule has 0 aromatic carbocycles. The number of carbonyl (C=O) groups excluding carboxylic acids is 1. The first-order valence-electron chi connectivity index (χ1n) is 4.42. The van der Waals surface area contributed by atoms with Crippen LogP contribution >= 0.6 is 38.6 Å². The van der Waals surface area contributed by atoms with Crippen molar-refractivity contribution in [3.8, 4) is 9.88 Å². The molecular formula is C10H8BrNO2S2. The smallest absolute Gasteiger partial charge is 0.357 e. The monoisotopic (exact) mass is 317 g/mol. The van der Waals surface area contributed by atoms with Gasteiger partial charge in [-0.2, -0.15) is 0 Å². The number of ether oxygens (including phenoxy) is 1. The van der Waals surface area contributed by atoms with Gasteiger partial charge in [0.25, 0.3) is 0 Å². The molecule has 0 bridgehead atoms. The normalized spacial score (nSPS) is 10.4. The number of carbonyl (C=O) groups is 1. The van der Waals surface area contributed by atoms with Crippen molar-refractivity contribution in [1.29, 1.82) is 0 Å². The first kappa shape index (κ1) is 11.8. The number of aryl methyl sites for hydroxylation is 1. The second-order valence-corrected chi connectivity index (χ2v) is 6.07. The Hall–Kier alpha value is -0.720. The van der Waals surface area contributed by atoms with E-state index in [2.05, 4.69) is 25.7 Å². The Morgan fingerprint density at radius 3 is 2.88 bits per heavy atom. The lowest BCUT2D eigenvalue weighted by Crippen LogP contribution is -2.02. The van der Waals surface area contributed by atoms with Crippen LogP contribution in [-0.2, 0) is 4.74 Å². The van der Waals surface area contributed by atoms with Crippen molar-refractivity contribution in [3.05, 3.63) is 26.5 Å². The SMILES string of the molecule is COC(=O)c1nc(-c2cc(Br)cs2)sc1C. The van der Waals surface area contributed by atoms with Gasteiger partial charge in [0.2, 0.25) is 0 Å². The largest absolute Gasteiger partial charge is 0.464 e. The summed E-state index contributed by atoms with van der Waals surface area (Å²) >= 11 is 6.49. The Kier molecular flexibility index (Phi) is 3.41. The summed E-state index contributed by atoms with van der Waals surface area (Å²) in [7, 11) is 1.36. The number of hydrogen-bond acceptors (Lipinski definition) is 5. The van der Waals surface area contributed by atoms with Crippen LogP contribution in [0.15, 0.2) is 15.9 Å². The fraction of sp³-hybridized carbons (Fsp3) is 0.200. The molecule has 2 aromatic rings. The molecule has 0 aliphatic heterocycles. The Morgan fingerprint density at radius 2 is 2.31 bits per heavy atom. The zero-order valence-corrected chi connectivity index (χ0v) is 11.8. The van der Waals surface area contributed by atoms with Crippen LogP contribution in [0.25, 0.3) is 9.88 Å². The summed E-state index contributed by atoms with van der Waals surface area (Å²) in [6.45, 7) is 1.87. The van der Waals surface area contributed by atoms with Gasteiger partial charge in [0.05, 0.1) is 12.0 Å². The molecule has 0 N–H and O–H groups in total. The van der Waals surface area contributed by atoms with E-state index in [1.54, 1.807) is 11.3 Å². The summed E-state index contributed by atoms with van der Waals surface area (Å²) in [4.78, 5) is 17.6. The summed E-state index contributed by atoms with van der Waals surface area (Å²) in [5.74, 6) is -0.379. The molecule has 2 aromatic heterocycles. The first-order chi connectivity index (χ1) is 7.61. The van der Waals surface area contributed by atoms with E-state index in [1.807, 2.05) is 18.4 Å². The van der Waals surface area contributed by atoms with Crippen LogP contribution in [0.4, 0.5) is 0 Å². The maximum absolute atomic E-state index is 11.4. The standard InChI is InChI=1S/C10H8BrNO2S2/c1-5-8(10(13)14-2)12-9(16-5)7-3-6(11)4-15-7/h3-4H,1-2H3. The van der Waals surface area contributed by atoms with Crippen LogP contribution in [0.3, 0.4) is 0 Å². The molecule has 3 nitrogen and oxygen atoms in total. The fourth-order valence-corrected chi connectivity index (χ4v) is 3.60. The predicted molar refractivity (Wildman–Crippen MR) is 69.2 cm³/mol. The average molecular weight is 318 g/mol. The minimum absolute atomic E-state index is 0.379. The molecule has 6 heteroatoms. The molecule has 0 unspecified atom stereocenters. The Labute approximate surface area is 109 Å². The highest BCUT2D eigenvalue weighted by Crippen LogP contribution is 2.34. The highest BCUT2D eigenvalue weighted by molar-refractivity contribution is 9.10. The number of aromatic nitrogens is 1. The average Bonchev–Trinajstić information content (AvgIpc) is 2.83. The number of nitrogens with zero attached hydrogens (tertiary/aromatic N) is 1. The maximum Gasteiger partial charge on any atom is 0.357 e. The lowest BCUT2D eigenvalue weighted by molar-refractivity contribution is 0.0594. The molecule has 0 radical (unpaired) electrons. The van der Waals surface area contributed by atoms with E-state index in [0.717, 1.165) is 19.2 Å². The number of halogens is 1. The quantitative estimate of drug-likeness (QED) is 0.792. The Morgan fingerprint density at radius 1 is 1.56 bits per heavy atom. The lowest BCUT2D eigenvalue weighted by atomic mass is 10.4. The minimum Gasteiger partial charge on any atom is -0.464 e. The van der Waals surface area contributed by atoms with E-state index in [1.165, 1.54) is 18.4 Å². The molecule has 2 rings (SSSR count). The molecule has 0 aliphatic carbocycles. The van der Waals surface area contributed by atoms with Crippen molar-refractivity contribution in [2.75, 3.05) is 7.11 Å². The van der Waals surface area contributed by atoms with E-state index in [0.29, 0.717) is 5.69 Å². The molecule has 0 fully saturated rings. The third-order valence-corrected chi connectivity index (χ3v) is 4.78.